The number of hydrogen-bond acceptors (Lipinski definition) is 2. The van der Waals surface area contributed by atoms with Crippen molar-refractivity contribution >= 4 is 35.5 Å². The number of aromatic amines is 1. The molecular formula is C8H12NNaO2. The SMILES string of the molecule is CCOC(=O)c1ccc(C)[nH]1.[NaH]. The molecule has 12 heavy (non-hydrogen) atoms. The van der Waals surface area contributed by atoms with Gasteiger partial charge in [-0.1, -0.05) is 0 Å². The predicted molar refractivity (Wildman–Crippen MR) is 48.6 cm³/mol. The van der Waals surface area contributed by atoms with E-state index in [1.165, 1.54) is 0 Å². The molecule has 1 rings (SSSR count). The van der Waals surface area contributed by atoms with Crippen molar-refractivity contribution < 1.29 is 9.53 Å². The van der Waals surface area contributed by atoms with Crippen LogP contribution >= 0.6 is 0 Å². The summed E-state index contributed by atoms with van der Waals surface area (Å²) in [5.74, 6) is -0.291. The summed E-state index contributed by atoms with van der Waals surface area (Å²) in [5.41, 5.74) is 1.48. The molecule has 62 valence electrons. The Hall–Kier alpha value is -0.250. The van der Waals surface area contributed by atoms with E-state index >= 15 is 0 Å². The Kier molecular flexibility index (Phi) is 5.29. The molecule has 0 amide bonds. The van der Waals surface area contributed by atoms with Crippen molar-refractivity contribution in [2.75, 3.05) is 6.61 Å². The maximum atomic E-state index is 11.0. The fraction of sp³-hybridized carbons (Fsp3) is 0.375. The number of carbonyl (C=O) groups excluding carboxylic acids is 1. The first-order chi connectivity index (χ1) is 5.24. The number of H-pyrrole nitrogens is 1. The molecule has 0 atom stereocenters. The van der Waals surface area contributed by atoms with Gasteiger partial charge in [0, 0.05) is 5.69 Å². The molecule has 0 aliphatic rings. The summed E-state index contributed by atoms with van der Waals surface area (Å²) in [7, 11) is 0. The molecular weight excluding hydrogens is 165 g/mol. The van der Waals surface area contributed by atoms with E-state index in [-0.39, 0.29) is 35.5 Å². The van der Waals surface area contributed by atoms with Gasteiger partial charge in [-0.2, -0.15) is 0 Å². The molecule has 1 heterocycles. The summed E-state index contributed by atoms with van der Waals surface area (Å²) in [5, 5.41) is 0. The Labute approximate surface area is 93.8 Å². The van der Waals surface area contributed by atoms with Crippen LogP contribution in [0.4, 0.5) is 0 Å². The fourth-order valence-electron chi connectivity index (χ4n) is 0.832. The molecule has 0 saturated heterocycles. The number of aromatic nitrogens is 1. The van der Waals surface area contributed by atoms with Gasteiger partial charge in [0.2, 0.25) is 0 Å². The first kappa shape index (κ1) is 11.8. The minimum atomic E-state index is -0.291. The number of carbonyl (C=O) groups is 1. The van der Waals surface area contributed by atoms with Gasteiger partial charge < -0.3 is 9.72 Å². The molecule has 1 aromatic rings. The van der Waals surface area contributed by atoms with Crippen LogP contribution in [0.5, 0.6) is 0 Å². The Morgan fingerprint density at radius 1 is 1.58 bits per heavy atom. The molecule has 0 aliphatic carbocycles. The van der Waals surface area contributed by atoms with Gasteiger partial charge in [0.15, 0.2) is 0 Å². The van der Waals surface area contributed by atoms with Crippen molar-refractivity contribution in [1.29, 1.82) is 0 Å². The van der Waals surface area contributed by atoms with E-state index in [9.17, 15) is 4.79 Å². The van der Waals surface area contributed by atoms with E-state index in [0.29, 0.717) is 12.3 Å². The molecule has 0 spiro atoms. The Morgan fingerprint density at radius 3 is 2.67 bits per heavy atom. The molecule has 4 heteroatoms. The van der Waals surface area contributed by atoms with Crippen LogP contribution in [0.2, 0.25) is 0 Å². The number of ether oxygens (including phenoxy) is 1. The van der Waals surface area contributed by atoms with Gasteiger partial charge in [0.05, 0.1) is 6.61 Å². The summed E-state index contributed by atoms with van der Waals surface area (Å²) in [6.45, 7) is 4.09. The van der Waals surface area contributed by atoms with Gasteiger partial charge >= 0.3 is 35.5 Å². The molecule has 0 fully saturated rings. The zero-order valence-corrected chi connectivity index (χ0v) is 6.68. The number of hydrogen-bond donors (Lipinski definition) is 1. The summed E-state index contributed by atoms with van der Waals surface area (Å²) < 4.78 is 4.77. The summed E-state index contributed by atoms with van der Waals surface area (Å²) in [4.78, 5) is 13.9. The van der Waals surface area contributed by atoms with Gasteiger partial charge in [-0.15, -0.1) is 0 Å². The minimum absolute atomic E-state index is 0. The normalized spacial score (nSPS) is 8.83. The zero-order valence-electron chi connectivity index (χ0n) is 6.68. The third-order valence-corrected chi connectivity index (χ3v) is 1.33. The van der Waals surface area contributed by atoms with E-state index in [0.717, 1.165) is 5.69 Å². The van der Waals surface area contributed by atoms with Crippen LogP contribution in [0, 0.1) is 6.92 Å². The monoisotopic (exact) mass is 177 g/mol. The van der Waals surface area contributed by atoms with Crippen molar-refractivity contribution in [3.8, 4) is 0 Å². The zero-order chi connectivity index (χ0) is 8.27. The number of nitrogens with one attached hydrogen (secondary N) is 1. The standard InChI is InChI=1S/C8H11NO2.Na.H/c1-3-11-8(10)7-5-4-6(2)9-7;;/h4-5,9H,3H2,1-2H3;;. The second-order valence-corrected chi connectivity index (χ2v) is 2.28. The second kappa shape index (κ2) is 5.41. The van der Waals surface area contributed by atoms with Crippen LogP contribution in [0.1, 0.15) is 23.1 Å². The molecule has 0 bridgehead atoms. The van der Waals surface area contributed by atoms with Crippen LogP contribution in [0.3, 0.4) is 0 Å². The summed E-state index contributed by atoms with van der Waals surface area (Å²) >= 11 is 0. The van der Waals surface area contributed by atoms with E-state index in [4.69, 9.17) is 4.74 Å². The van der Waals surface area contributed by atoms with Crippen LogP contribution in [0.15, 0.2) is 12.1 Å². The van der Waals surface area contributed by atoms with Crippen LogP contribution in [-0.2, 0) is 4.74 Å². The van der Waals surface area contributed by atoms with Crippen molar-refractivity contribution in [1.82, 2.24) is 4.98 Å². The molecule has 0 saturated carbocycles. The van der Waals surface area contributed by atoms with Crippen molar-refractivity contribution in [3.63, 3.8) is 0 Å². The Morgan fingerprint density at radius 2 is 2.25 bits per heavy atom. The van der Waals surface area contributed by atoms with Crippen LogP contribution < -0.4 is 0 Å². The summed E-state index contributed by atoms with van der Waals surface area (Å²) in [6.07, 6.45) is 0. The van der Waals surface area contributed by atoms with E-state index in [1.54, 1.807) is 13.0 Å². The number of esters is 1. The van der Waals surface area contributed by atoms with Gasteiger partial charge in [0.1, 0.15) is 5.69 Å². The van der Waals surface area contributed by atoms with Crippen molar-refractivity contribution in [2.24, 2.45) is 0 Å². The molecule has 1 aromatic heterocycles. The van der Waals surface area contributed by atoms with E-state index < -0.39 is 0 Å². The number of rotatable bonds is 2. The molecule has 0 aliphatic heterocycles. The van der Waals surface area contributed by atoms with E-state index in [1.807, 2.05) is 13.0 Å². The quantitative estimate of drug-likeness (QED) is 0.537. The molecule has 0 unspecified atom stereocenters. The molecule has 0 radical (unpaired) electrons. The Bertz CT molecular complexity index is 257. The van der Waals surface area contributed by atoms with Gasteiger partial charge in [-0.05, 0) is 26.0 Å². The van der Waals surface area contributed by atoms with Gasteiger partial charge in [-0.25, -0.2) is 4.79 Å². The molecule has 3 nitrogen and oxygen atoms in total. The first-order valence-electron chi connectivity index (χ1n) is 3.56. The Balaban J connectivity index is 0.00000121. The maximum absolute atomic E-state index is 11.0. The topological polar surface area (TPSA) is 42.1 Å². The van der Waals surface area contributed by atoms with Gasteiger partial charge in [0.25, 0.3) is 0 Å². The van der Waals surface area contributed by atoms with Crippen molar-refractivity contribution in [2.45, 2.75) is 13.8 Å². The average Bonchev–Trinajstić information content (AvgIpc) is 2.36. The average molecular weight is 177 g/mol. The van der Waals surface area contributed by atoms with Crippen LogP contribution in [0.25, 0.3) is 0 Å². The summed E-state index contributed by atoms with van der Waals surface area (Å²) in [6, 6.07) is 3.56. The molecule has 0 aromatic carbocycles. The van der Waals surface area contributed by atoms with Crippen molar-refractivity contribution in [3.05, 3.63) is 23.5 Å². The van der Waals surface area contributed by atoms with E-state index in [2.05, 4.69) is 4.98 Å². The third kappa shape index (κ3) is 3.01. The predicted octanol–water partition coefficient (Wildman–Crippen LogP) is 0.851. The van der Waals surface area contributed by atoms with Gasteiger partial charge in [-0.3, -0.25) is 0 Å². The second-order valence-electron chi connectivity index (χ2n) is 2.28. The fourth-order valence-corrected chi connectivity index (χ4v) is 0.832. The molecule has 1 N–H and O–H groups in total. The number of aryl methyl sites for hydroxylation is 1. The third-order valence-electron chi connectivity index (χ3n) is 1.33. The van der Waals surface area contributed by atoms with Crippen LogP contribution in [-0.4, -0.2) is 47.1 Å². The first-order valence-corrected chi connectivity index (χ1v) is 3.56.